The Kier molecular flexibility index (Phi) is 4.71. The van der Waals surface area contributed by atoms with Crippen molar-refractivity contribution < 1.29 is 14.3 Å². The predicted molar refractivity (Wildman–Crippen MR) is 87.8 cm³/mol. The molecule has 2 amide bonds. The molecule has 0 radical (unpaired) electrons. The highest BCUT2D eigenvalue weighted by Crippen LogP contribution is 2.21. The van der Waals surface area contributed by atoms with Crippen molar-refractivity contribution in [2.24, 2.45) is 12.8 Å². The number of fused-ring (bicyclic) bond motifs is 1. The Bertz CT molecular complexity index is 725. The average molecular weight is 333 g/mol. The van der Waals surface area contributed by atoms with Crippen molar-refractivity contribution in [3.8, 4) is 0 Å². The summed E-state index contributed by atoms with van der Waals surface area (Å²) < 4.78 is 6.96. The van der Waals surface area contributed by atoms with E-state index in [9.17, 15) is 14.4 Å². The second kappa shape index (κ2) is 6.76. The van der Waals surface area contributed by atoms with E-state index in [0.29, 0.717) is 13.2 Å². The summed E-state index contributed by atoms with van der Waals surface area (Å²) in [5.41, 5.74) is 7.28. The minimum Gasteiger partial charge on any atom is -0.377 e. The van der Waals surface area contributed by atoms with Crippen LogP contribution in [0.5, 0.6) is 0 Å². The van der Waals surface area contributed by atoms with Crippen LogP contribution in [-0.4, -0.2) is 47.1 Å². The molecule has 1 aliphatic heterocycles. The van der Waals surface area contributed by atoms with Crippen LogP contribution >= 0.6 is 0 Å². The molecule has 0 aromatic carbocycles. The molecule has 24 heavy (non-hydrogen) atoms. The molecule has 1 aromatic heterocycles. The summed E-state index contributed by atoms with van der Waals surface area (Å²) in [5.74, 6) is -0.819. The molecule has 2 aliphatic rings. The maximum absolute atomic E-state index is 13.0. The Hall–Kier alpha value is -2.15. The van der Waals surface area contributed by atoms with Crippen molar-refractivity contribution >= 4 is 11.8 Å². The molecule has 7 nitrogen and oxygen atoms in total. The molecule has 0 saturated carbocycles. The fraction of sp³-hybridized carbons (Fsp3) is 0.588. The van der Waals surface area contributed by atoms with E-state index in [2.05, 4.69) is 0 Å². The summed E-state index contributed by atoms with van der Waals surface area (Å²) in [4.78, 5) is 38.4. The number of pyridine rings is 1. The third-order valence-electron chi connectivity index (χ3n) is 4.89. The first-order chi connectivity index (χ1) is 11.5. The predicted octanol–water partition coefficient (Wildman–Crippen LogP) is -0.0195. The number of hydrogen-bond donors (Lipinski definition) is 1. The van der Waals surface area contributed by atoms with E-state index >= 15 is 0 Å². The molecule has 1 aliphatic carbocycles. The van der Waals surface area contributed by atoms with E-state index in [-0.39, 0.29) is 30.1 Å². The highest BCUT2D eigenvalue weighted by atomic mass is 16.5. The number of aryl methyl sites for hydroxylation is 1. The number of ether oxygens (including phenoxy) is 1. The van der Waals surface area contributed by atoms with Gasteiger partial charge in [-0.05, 0) is 37.3 Å². The van der Waals surface area contributed by atoms with Gasteiger partial charge in [0.15, 0.2) is 0 Å². The SMILES string of the molecule is Cn1c2c(cc(C(=O)N3CCOC[C@H]3CC(N)=O)c1=O)CCCC2. The van der Waals surface area contributed by atoms with Crippen molar-refractivity contribution in [1.82, 2.24) is 9.47 Å². The average Bonchev–Trinajstić information content (AvgIpc) is 2.57. The number of hydrogen-bond acceptors (Lipinski definition) is 4. The first-order valence-electron chi connectivity index (χ1n) is 8.38. The molecule has 7 heteroatoms. The Morgan fingerprint density at radius 2 is 2.08 bits per heavy atom. The fourth-order valence-corrected chi connectivity index (χ4v) is 3.62. The zero-order valence-electron chi connectivity index (χ0n) is 13.9. The van der Waals surface area contributed by atoms with Crippen LogP contribution in [0.25, 0.3) is 0 Å². The van der Waals surface area contributed by atoms with E-state index in [0.717, 1.165) is 36.9 Å². The van der Waals surface area contributed by atoms with Gasteiger partial charge in [0.1, 0.15) is 5.56 Å². The first-order valence-corrected chi connectivity index (χ1v) is 8.38. The minimum atomic E-state index is -0.485. The van der Waals surface area contributed by atoms with Gasteiger partial charge in [-0.25, -0.2) is 0 Å². The molecule has 1 fully saturated rings. The zero-order valence-corrected chi connectivity index (χ0v) is 13.9. The second-order valence-corrected chi connectivity index (χ2v) is 6.50. The van der Waals surface area contributed by atoms with E-state index in [4.69, 9.17) is 10.5 Å². The van der Waals surface area contributed by atoms with Crippen molar-refractivity contribution in [2.75, 3.05) is 19.8 Å². The molecule has 130 valence electrons. The van der Waals surface area contributed by atoms with E-state index < -0.39 is 11.9 Å². The maximum Gasteiger partial charge on any atom is 0.263 e. The number of carbonyl (C=O) groups is 2. The lowest BCUT2D eigenvalue weighted by molar-refractivity contribution is -0.120. The normalized spacial score (nSPS) is 20.5. The fourth-order valence-electron chi connectivity index (χ4n) is 3.62. The van der Waals surface area contributed by atoms with Crippen molar-refractivity contribution in [3.05, 3.63) is 33.2 Å². The summed E-state index contributed by atoms with van der Waals surface area (Å²) in [7, 11) is 1.73. The molecule has 0 spiro atoms. The van der Waals surface area contributed by atoms with Crippen LogP contribution in [0.1, 0.15) is 40.9 Å². The number of rotatable bonds is 3. The number of primary amides is 1. The number of amides is 2. The molecule has 0 bridgehead atoms. The summed E-state index contributed by atoms with van der Waals surface area (Å²) in [6, 6.07) is 1.33. The summed E-state index contributed by atoms with van der Waals surface area (Å²) >= 11 is 0. The molecule has 2 heterocycles. The van der Waals surface area contributed by atoms with Gasteiger partial charge in [0.2, 0.25) is 5.91 Å². The van der Waals surface area contributed by atoms with Crippen LogP contribution in [-0.2, 0) is 29.4 Å². The molecule has 3 rings (SSSR count). The largest absolute Gasteiger partial charge is 0.377 e. The van der Waals surface area contributed by atoms with Crippen molar-refractivity contribution in [3.63, 3.8) is 0 Å². The van der Waals surface area contributed by atoms with E-state index in [1.54, 1.807) is 22.6 Å². The summed E-state index contributed by atoms with van der Waals surface area (Å²) in [6.07, 6.45) is 3.93. The van der Waals surface area contributed by atoms with Gasteiger partial charge in [-0.1, -0.05) is 0 Å². The van der Waals surface area contributed by atoms with Gasteiger partial charge in [-0.2, -0.15) is 0 Å². The highest BCUT2D eigenvalue weighted by Gasteiger charge is 2.31. The Labute approximate surface area is 140 Å². The second-order valence-electron chi connectivity index (χ2n) is 6.50. The van der Waals surface area contributed by atoms with Crippen LogP contribution < -0.4 is 11.3 Å². The van der Waals surface area contributed by atoms with Crippen LogP contribution in [0.4, 0.5) is 0 Å². The highest BCUT2D eigenvalue weighted by molar-refractivity contribution is 5.94. The third-order valence-corrected chi connectivity index (χ3v) is 4.89. The van der Waals surface area contributed by atoms with Crippen molar-refractivity contribution in [2.45, 2.75) is 38.1 Å². The van der Waals surface area contributed by atoms with Crippen LogP contribution in [0, 0.1) is 0 Å². The van der Waals surface area contributed by atoms with Gasteiger partial charge in [0.25, 0.3) is 11.5 Å². The lowest BCUT2D eigenvalue weighted by atomic mass is 9.94. The van der Waals surface area contributed by atoms with Crippen LogP contribution in [0.3, 0.4) is 0 Å². The molecular formula is C17H23N3O4. The Morgan fingerprint density at radius 3 is 2.83 bits per heavy atom. The number of nitrogens with zero attached hydrogens (tertiary/aromatic N) is 2. The Balaban J connectivity index is 1.95. The molecule has 1 saturated heterocycles. The smallest absolute Gasteiger partial charge is 0.263 e. The van der Waals surface area contributed by atoms with Crippen LogP contribution in [0.15, 0.2) is 10.9 Å². The quantitative estimate of drug-likeness (QED) is 0.841. The zero-order chi connectivity index (χ0) is 17.3. The maximum atomic E-state index is 13.0. The van der Waals surface area contributed by atoms with Gasteiger partial charge >= 0.3 is 0 Å². The summed E-state index contributed by atoms with van der Waals surface area (Å²) in [6.45, 7) is 1.02. The number of carbonyl (C=O) groups excluding carboxylic acids is 2. The lowest BCUT2D eigenvalue weighted by Gasteiger charge is -2.35. The van der Waals surface area contributed by atoms with Gasteiger partial charge in [-0.15, -0.1) is 0 Å². The van der Waals surface area contributed by atoms with Gasteiger partial charge in [0.05, 0.1) is 19.3 Å². The first kappa shape index (κ1) is 16.7. The van der Waals surface area contributed by atoms with Crippen LogP contribution in [0.2, 0.25) is 0 Å². The molecule has 0 unspecified atom stereocenters. The molecular weight excluding hydrogens is 310 g/mol. The standard InChI is InChI=1S/C17H23N3O4/c1-19-14-5-3-2-4-11(14)8-13(16(19)22)17(23)20-6-7-24-10-12(20)9-15(18)21/h8,12H,2-7,9-10H2,1H3,(H2,18,21)/t12-/m1/s1. The van der Waals surface area contributed by atoms with Crippen molar-refractivity contribution in [1.29, 1.82) is 0 Å². The third kappa shape index (κ3) is 3.08. The topological polar surface area (TPSA) is 94.6 Å². The number of nitrogens with two attached hydrogens (primary N) is 1. The number of morpholine rings is 1. The monoisotopic (exact) mass is 333 g/mol. The van der Waals surface area contributed by atoms with E-state index in [1.807, 2.05) is 0 Å². The molecule has 2 N–H and O–H groups in total. The Morgan fingerprint density at radius 1 is 1.33 bits per heavy atom. The van der Waals surface area contributed by atoms with Gasteiger partial charge in [-0.3, -0.25) is 14.4 Å². The van der Waals surface area contributed by atoms with Gasteiger partial charge < -0.3 is 19.9 Å². The summed E-state index contributed by atoms with van der Waals surface area (Å²) in [5, 5.41) is 0. The molecule has 1 aromatic rings. The van der Waals surface area contributed by atoms with E-state index in [1.165, 1.54) is 0 Å². The lowest BCUT2D eigenvalue weighted by Crippen LogP contribution is -2.51. The number of aromatic nitrogens is 1. The van der Waals surface area contributed by atoms with Gasteiger partial charge in [0, 0.05) is 25.7 Å². The molecule has 1 atom stereocenters. The minimum absolute atomic E-state index is 0.0387.